The molecule has 1 unspecified atom stereocenters. The number of hydrogen-bond acceptors (Lipinski definition) is 5. The van der Waals surface area contributed by atoms with Crippen LogP contribution in [-0.4, -0.2) is 40.7 Å². The lowest BCUT2D eigenvalue weighted by Gasteiger charge is -2.11. The van der Waals surface area contributed by atoms with Gasteiger partial charge in [-0.05, 0) is 20.3 Å². The number of nitrogens with zero attached hydrogens (tertiary/aromatic N) is 3. The van der Waals surface area contributed by atoms with Gasteiger partial charge in [0.2, 0.25) is 0 Å². The predicted octanol–water partition coefficient (Wildman–Crippen LogP) is -0.117. The molecule has 0 radical (unpaired) electrons. The van der Waals surface area contributed by atoms with Crippen LogP contribution in [0.25, 0.3) is 0 Å². The lowest BCUT2D eigenvalue weighted by molar-refractivity contribution is 0.525. The molecule has 0 aliphatic carbocycles. The van der Waals surface area contributed by atoms with Gasteiger partial charge in [-0.15, -0.1) is 10.2 Å². The summed E-state index contributed by atoms with van der Waals surface area (Å²) in [4.78, 5) is 0. The molecule has 6 nitrogen and oxygen atoms in total. The average Bonchev–Trinajstić information content (AvgIpc) is 2.79. The second-order valence-electron chi connectivity index (χ2n) is 4.39. The third-order valence-electron chi connectivity index (χ3n) is 3.11. The topological polar surface area (TPSA) is 76.9 Å². The quantitative estimate of drug-likeness (QED) is 0.815. The molecule has 1 aliphatic rings. The molecule has 2 rings (SSSR count). The van der Waals surface area contributed by atoms with E-state index in [1.165, 1.54) is 0 Å². The van der Waals surface area contributed by atoms with Gasteiger partial charge in [-0.2, -0.15) is 0 Å². The van der Waals surface area contributed by atoms with E-state index < -0.39 is 9.84 Å². The third kappa shape index (κ3) is 2.84. The van der Waals surface area contributed by atoms with Crippen LogP contribution in [0.15, 0.2) is 0 Å². The summed E-state index contributed by atoms with van der Waals surface area (Å²) in [5.74, 6) is 2.30. The van der Waals surface area contributed by atoms with Gasteiger partial charge in [0.1, 0.15) is 11.6 Å². The summed E-state index contributed by atoms with van der Waals surface area (Å²) in [6.45, 7) is 5.37. The van der Waals surface area contributed by atoms with Crippen molar-refractivity contribution in [2.24, 2.45) is 0 Å². The highest BCUT2D eigenvalue weighted by Gasteiger charge is 2.27. The first-order chi connectivity index (χ1) is 8.02. The van der Waals surface area contributed by atoms with Crippen LogP contribution in [0, 0.1) is 6.92 Å². The van der Waals surface area contributed by atoms with E-state index in [0.29, 0.717) is 18.7 Å². The zero-order chi connectivity index (χ0) is 12.5. The summed E-state index contributed by atoms with van der Waals surface area (Å²) in [7, 11) is -2.82. The number of aromatic nitrogens is 3. The Hall–Kier alpha value is -0.950. The molecule has 1 atom stereocenters. The van der Waals surface area contributed by atoms with Crippen molar-refractivity contribution in [3.63, 3.8) is 0 Å². The Morgan fingerprint density at radius 3 is 2.82 bits per heavy atom. The SMILES string of the molecule is CCn1c(C)nnc1CNC1CCS(=O)(=O)C1. The predicted molar refractivity (Wildman–Crippen MR) is 64.3 cm³/mol. The molecular formula is C10H18N4O2S. The molecule has 1 aromatic rings. The first-order valence-electron chi connectivity index (χ1n) is 5.84. The van der Waals surface area contributed by atoms with Crippen molar-refractivity contribution in [2.75, 3.05) is 11.5 Å². The lowest BCUT2D eigenvalue weighted by Crippen LogP contribution is -2.30. The van der Waals surface area contributed by atoms with Gasteiger partial charge in [0, 0.05) is 12.6 Å². The second-order valence-corrected chi connectivity index (χ2v) is 6.62. The Labute approximate surface area is 101 Å². The summed E-state index contributed by atoms with van der Waals surface area (Å²) in [5.41, 5.74) is 0. The van der Waals surface area contributed by atoms with Crippen molar-refractivity contribution >= 4 is 9.84 Å². The maximum Gasteiger partial charge on any atom is 0.151 e. The Bertz CT molecular complexity index is 494. The normalized spacial score (nSPS) is 23.1. The lowest BCUT2D eigenvalue weighted by atomic mass is 10.2. The van der Waals surface area contributed by atoms with Gasteiger partial charge < -0.3 is 9.88 Å². The molecule has 0 spiro atoms. The molecule has 1 N–H and O–H groups in total. The molecule has 1 fully saturated rings. The molecule has 0 amide bonds. The minimum atomic E-state index is -2.82. The summed E-state index contributed by atoms with van der Waals surface area (Å²) in [5, 5.41) is 11.3. The molecule has 96 valence electrons. The van der Waals surface area contributed by atoms with Crippen molar-refractivity contribution in [1.82, 2.24) is 20.1 Å². The number of sulfone groups is 1. The van der Waals surface area contributed by atoms with Crippen molar-refractivity contribution in [2.45, 2.75) is 39.4 Å². The average molecular weight is 258 g/mol. The summed E-state index contributed by atoms with van der Waals surface area (Å²) in [6, 6.07) is 0.0577. The molecule has 0 saturated carbocycles. The number of hydrogen-bond donors (Lipinski definition) is 1. The monoisotopic (exact) mass is 258 g/mol. The number of nitrogens with one attached hydrogen (secondary N) is 1. The first-order valence-corrected chi connectivity index (χ1v) is 7.66. The van der Waals surface area contributed by atoms with E-state index in [2.05, 4.69) is 15.5 Å². The van der Waals surface area contributed by atoms with Gasteiger partial charge in [-0.3, -0.25) is 0 Å². The van der Waals surface area contributed by atoms with E-state index in [9.17, 15) is 8.42 Å². The summed E-state index contributed by atoms with van der Waals surface area (Å²) >= 11 is 0. The van der Waals surface area contributed by atoms with Gasteiger partial charge in [0.15, 0.2) is 9.84 Å². The standard InChI is InChI=1S/C10H18N4O2S/c1-3-14-8(2)12-13-10(14)6-11-9-4-5-17(15,16)7-9/h9,11H,3-7H2,1-2H3. The number of aryl methyl sites for hydroxylation is 1. The fourth-order valence-electron chi connectivity index (χ4n) is 2.16. The van der Waals surface area contributed by atoms with E-state index in [1.807, 2.05) is 18.4 Å². The molecule has 1 saturated heterocycles. The van der Waals surface area contributed by atoms with E-state index in [4.69, 9.17) is 0 Å². The van der Waals surface area contributed by atoms with Crippen molar-refractivity contribution in [1.29, 1.82) is 0 Å². The van der Waals surface area contributed by atoms with Crippen molar-refractivity contribution < 1.29 is 8.42 Å². The molecule has 0 aromatic carbocycles. The fraction of sp³-hybridized carbons (Fsp3) is 0.800. The highest BCUT2D eigenvalue weighted by Crippen LogP contribution is 2.12. The maximum atomic E-state index is 11.3. The number of rotatable bonds is 4. The zero-order valence-electron chi connectivity index (χ0n) is 10.2. The second kappa shape index (κ2) is 4.73. The molecule has 1 aliphatic heterocycles. The minimum absolute atomic E-state index is 0.0577. The van der Waals surface area contributed by atoms with Crippen LogP contribution in [-0.2, 0) is 22.9 Å². The van der Waals surface area contributed by atoms with Gasteiger partial charge in [-0.25, -0.2) is 8.42 Å². The van der Waals surface area contributed by atoms with E-state index >= 15 is 0 Å². The maximum absolute atomic E-state index is 11.3. The Morgan fingerprint density at radius 2 is 2.24 bits per heavy atom. The Morgan fingerprint density at radius 1 is 1.47 bits per heavy atom. The molecule has 17 heavy (non-hydrogen) atoms. The molecule has 0 bridgehead atoms. The molecule has 7 heteroatoms. The molecular weight excluding hydrogens is 240 g/mol. The minimum Gasteiger partial charge on any atom is -0.314 e. The van der Waals surface area contributed by atoms with Crippen LogP contribution in [0.4, 0.5) is 0 Å². The zero-order valence-corrected chi connectivity index (χ0v) is 11.0. The van der Waals surface area contributed by atoms with E-state index in [-0.39, 0.29) is 11.8 Å². The highest BCUT2D eigenvalue weighted by atomic mass is 32.2. The fourth-order valence-corrected chi connectivity index (χ4v) is 3.87. The van der Waals surface area contributed by atoms with Crippen LogP contribution in [0.2, 0.25) is 0 Å². The van der Waals surface area contributed by atoms with E-state index in [1.54, 1.807) is 0 Å². The van der Waals surface area contributed by atoms with Gasteiger partial charge >= 0.3 is 0 Å². The van der Waals surface area contributed by atoms with Crippen molar-refractivity contribution in [3.8, 4) is 0 Å². The van der Waals surface area contributed by atoms with Crippen LogP contribution in [0.1, 0.15) is 25.0 Å². The summed E-state index contributed by atoms with van der Waals surface area (Å²) in [6.07, 6.45) is 0.696. The molecule has 1 aromatic heterocycles. The van der Waals surface area contributed by atoms with Gasteiger partial charge in [-0.1, -0.05) is 0 Å². The highest BCUT2D eigenvalue weighted by molar-refractivity contribution is 7.91. The van der Waals surface area contributed by atoms with Crippen molar-refractivity contribution in [3.05, 3.63) is 11.6 Å². The largest absolute Gasteiger partial charge is 0.314 e. The van der Waals surface area contributed by atoms with Crippen LogP contribution < -0.4 is 5.32 Å². The third-order valence-corrected chi connectivity index (χ3v) is 4.88. The smallest absolute Gasteiger partial charge is 0.151 e. The Kier molecular flexibility index (Phi) is 3.48. The van der Waals surface area contributed by atoms with Gasteiger partial charge in [0.25, 0.3) is 0 Å². The first kappa shape index (κ1) is 12.5. The van der Waals surface area contributed by atoms with Crippen LogP contribution >= 0.6 is 0 Å². The van der Waals surface area contributed by atoms with Crippen LogP contribution in [0.3, 0.4) is 0 Å². The Balaban J connectivity index is 1.94. The molecule has 2 heterocycles. The van der Waals surface area contributed by atoms with Crippen LogP contribution in [0.5, 0.6) is 0 Å². The van der Waals surface area contributed by atoms with E-state index in [0.717, 1.165) is 18.2 Å². The summed E-state index contributed by atoms with van der Waals surface area (Å²) < 4.78 is 24.6. The van der Waals surface area contributed by atoms with Gasteiger partial charge in [0.05, 0.1) is 18.1 Å².